The molecule has 0 saturated heterocycles. The van der Waals surface area contributed by atoms with E-state index in [-0.39, 0.29) is 5.91 Å². The minimum Gasteiger partial charge on any atom is -0.493 e. The van der Waals surface area contributed by atoms with Crippen LogP contribution in [-0.4, -0.2) is 19.6 Å². The highest BCUT2D eigenvalue weighted by Crippen LogP contribution is 2.28. The van der Waals surface area contributed by atoms with Crippen LogP contribution in [0.5, 0.6) is 11.5 Å². The van der Waals surface area contributed by atoms with Crippen molar-refractivity contribution in [1.29, 1.82) is 0 Å². The third-order valence-electron chi connectivity index (χ3n) is 3.75. The molecule has 1 amide bonds. The monoisotopic (exact) mass is 327 g/mol. The van der Waals surface area contributed by atoms with Gasteiger partial charge in [0.25, 0.3) is 5.91 Å². The van der Waals surface area contributed by atoms with Crippen LogP contribution in [0.25, 0.3) is 0 Å². The zero-order valence-electron chi connectivity index (χ0n) is 14.6. The first-order valence-electron chi connectivity index (χ1n) is 8.28. The number of methoxy groups -OCH3 is 1. The van der Waals surface area contributed by atoms with Gasteiger partial charge in [0.1, 0.15) is 0 Å². The van der Waals surface area contributed by atoms with Crippen molar-refractivity contribution in [3.05, 3.63) is 59.2 Å². The summed E-state index contributed by atoms with van der Waals surface area (Å²) in [7, 11) is 1.58. The lowest BCUT2D eigenvalue weighted by molar-refractivity contribution is 0.0950. The number of carbonyl (C=O) groups is 1. The standard InChI is InChI=1S/C20H25NO3/c1-4-5-12-24-18-11-10-17(13-19(18)23-3)20(22)21-14-16-8-6-15(2)7-9-16/h6-11,13H,4-5,12,14H2,1-3H3,(H,21,22). The summed E-state index contributed by atoms with van der Waals surface area (Å²) >= 11 is 0. The second-order valence-corrected chi connectivity index (χ2v) is 5.74. The quantitative estimate of drug-likeness (QED) is 0.742. The largest absolute Gasteiger partial charge is 0.493 e. The lowest BCUT2D eigenvalue weighted by atomic mass is 10.1. The van der Waals surface area contributed by atoms with Crippen molar-refractivity contribution in [3.63, 3.8) is 0 Å². The summed E-state index contributed by atoms with van der Waals surface area (Å²) in [5.41, 5.74) is 2.83. The van der Waals surface area contributed by atoms with E-state index in [1.54, 1.807) is 25.3 Å². The van der Waals surface area contributed by atoms with Gasteiger partial charge in [0.2, 0.25) is 0 Å². The summed E-state index contributed by atoms with van der Waals surface area (Å²) < 4.78 is 11.0. The van der Waals surface area contributed by atoms with Crippen LogP contribution < -0.4 is 14.8 Å². The van der Waals surface area contributed by atoms with Gasteiger partial charge in [-0.3, -0.25) is 4.79 Å². The van der Waals surface area contributed by atoms with Crippen LogP contribution in [-0.2, 0) is 6.54 Å². The van der Waals surface area contributed by atoms with Crippen LogP contribution in [0.3, 0.4) is 0 Å². The Morgan fingerprint density at radius 1 is 1.08 bits per heavy atom. The van der Waals surface area contributed by atoms with Crippen molar-refractivity contribution in [2.24, 2.45) is 0 Å². The number of aryl methyl sites for hydroxylation is 1. The smallest absolute Gasteiger partial charge is 0.251 e. The number of nitrogens with one attached hydrogen (secondary N) is 1. The molecule has 0 saturated carbocycles. The molecule has 0 bridgehead atoms. The molecule has 0 radical (unpaired) electrons. The maximum Gasteiger partial charge on any atom is 0.251 e. The summed E-state index contributed by atoms with van der Waals surface area (Å²) in [4.78, 5) is 12.3. The van der Waals surface area contributed by atoms with Crippen LogP contribution in [0.2, 0.25) is 0 Å². The van der Waals surface area contributed by atoms with Gasteiger partial charge >= 0.3 is 0 Å². The first-order valence-corrected chi connectivity index (χ1v) is 8.28. The fourth-order valence-corrected chi connectivity index (χ4v) is 2.24. The Labute approximate surface area is 143 Å². The normalized spacial score (nSPS) is 10.3. The van der Waals surface area contributed by atoms with Crippen molar-refractivity contribution in [2.45, 2.75) is 33.2 Å². The van der Waals surface area contributed by atoms with Gasteiger partial charge in [-0.1, -0.05) is 43.2 Å². The van der Waals surface area contributed by atoms with E-state index in [2.05, 4.69) is 12.2 Å². The summed E-state index contributed by atoms with van der Waals surface area (Å²) in [5, 5.41) is 2.92. The van der Waals surface area contributed by atoms with Gasteiger partial charge in [0.15, 0.2) is 11.5 Å². The lowest BCUT2D eigenvalue weighted by Gasteiger charge is -2.12. The Hall–Kier alpha value is -2.49. The summed E-state index contributed by atoms with van der Waals surface area (Å²) in [5.74, 6) is 1.11. The van der Waals surface area contributed by atoms with Crippen LogP contribution in [0.1, 0.15) is 41.3 Å². The van der Waals surface area contributed by atoms with Gasteiger partial charge in [0, 0.05) is 12.1 Å². The second-order valence-electron chi connectivity index (χ2n) is 5.74. The van der Waals surface area contributed by atoms with Crippen molar-refractivity contribution in [3.8, 4) is 11.5 Å². The van der Waals surface area contributed by atoms with E-state index in [0.717, 1.165) is 18.4 Å². The molecule has 128 valence electrons. The molecule has 4 nitrogen and oxygen atoms in total. The van der Waals surface area contributed by atoms with Gasteiger partial charge in [-0.25, -0.2) is 0 Å². The molecule has 0 aliphatic carbocycles. The highest BCUT2D eigenvalue weighted by molar-refractivity contribution is 5.94. The molecule has 2 aromatic carbocycles. The second kappa shape index (κ2) is 8.96. The van der Waals surface area contributed by atoms with Gasteiger partial charge < -0.3 is 14.8 Å². The summed E-state index contributed by atoms with van der Waals surface area (Å²) in [6, 6.07) is 13.4. The number of carbonyl (C=O) groups excluding carboxylic acids is 1. The molecule has 0 heterocycles. The highest BCUT2D eigenvalue weighted by atomic mass is 16.5. The Bertz CT molecular complexity index is 665. The van der Waals surface area contributed by atoms with Crippen LogP contribution in [0.15, 0.2) is 42.5 Å². The van der Waals surface area contributed by atoms with Crippen molar-refractivity contribution in [1.82, 2.24) is 5.32 Å². The zero-order chi connectivity index (χ0) is 17.4. The Morgan fingerprint density at radius 2 is 1.83 bits per heavy atom. The molecule has 1 N–H and O–H groups in total. The number of unbranched alkanes of at least 4 members (excludes halogenated alkanes) is 1. The maximum atomic E-state index is 12.3. The van der Waals surface area contributed by atoms with Gasteiger partial charge in [-0.05, 0) is 37.1 Å². The minimum absolute atomic E-state index is 0.131. The van der Waals surface area contributed by atoms with Crippen LogP contribution in [0.4, 0.5) is 0 Å². The Balaban J connectivity index is 1.99. The number of rotatable bonds is 8. The maximum absolute atomic E-state index is 12.3. The Kier molecular flexibility index (Phi) is 6.67. The number of benzene rings is 2. The van der Waals surface area contributed by atoms with Gasteiger partial charge in [-0.15, -0.1) is 0 Å². The van der Waals surface area contributed by atoms with E-state index in [9.17, 15) is 4.79 Å². The molecule has 0 spiro atoms. The van der Waals surface area contributed by atoms with E-state index in [1.165, 1.54) is 5.56 Å². The first-order chi connectivity index (χ1) is 11.6. The average molecular weight is 327 g/mol. The minimum atomic E-state index is -0.131. The molecule has 0 fully saturated rings. The van der Waals surface area contributed by atoms with Crippen molar-refractivity contribution >= 4 is 5.91 Å². The molecule has 2 aromatic rings. The summed E-state index contributed by atoms with van der Waals surface area (Å²) in [6.07, 6.45) is 2.06. The summed E-state index contributed by atoms with van der Waals surface area (Å²) in [6.45, 7) is 5.29. The van der Waals surface area contributed by atoms with Crippen molar-refractivity contribution < 1.29 is 14.3 Å². The van der Waals surface area contributed by atoms with E-state index in [4.69, 9.17) is 9.47 Å². The fourth-order valence-electron chi connectivity index (χ4n) is 2.24. The first kappa shape index (κ1) is 17.9. The molecule has 0 aliphatic rings. The highest BCUT2D eigenvalue weighted by Gasteiger charge is 2.11. The molecule has 2 rings (SSSR count). The predicted molar refractivity (Wildman–Crippen MR) is 95.7 cm³/mol. The third-order valence-corrected chi connectivity index (χ3v) is 3.75. The lowest BCUT2D eigenvalue weighted by Crippen LogP contribution is -2.22. The molecule has 0 aromatic heterocycles. The molecule has 0 atom stereocenters. The van der Waals surface area contributed by atoms with E-state index >= 15 is 0 Å². The SMILES string of the molecule is CCCCOc1ccc(C(=O)NCc2ccc(C)cc2)cc1OC. The van der Waals surface area contributed by atoms with E-state index in [0.29, 0.717) is 30.2 Å². The molecule has 24 heavy (non-hydrogen) atoms. The fraction of sp³-hybridized carbons (Fsp3) is 0.350. The molecule has 0 unspecified atom stereocenters. The average Bonchev–Trinajstić information content (AvgIpc) is 2.61. The van der Waals surface area contributed by atoms with Gasteiger partial charge in [-0.2, -0.15) is 0 Å². The van der Waals surface area contributed by atoms with E-state index in [1.807, 2.05) is 31.2 Å². The molecular formula is C20H25NO3. The van der Waals surface area contributed by atoms with Crippen LogP contribution in [0, 0.1) is 6.92 Å². The topological polar surface area (TPSA) is 47.6 Å². The van der Waals surface area contributed by atoms with Crippen molar-refractivity contribution in [2.75, 3.05) is 13.7 Å². The number of hydrogen-bond donors (Lipinski definition) is 1. The Morgan fingerprint density at radius 3 is 2.50 bits per heavy atom. The van der Waals surface area contributed by atoms with Crippen LogP contribution >= 0.6 is 0 Å². The molecular weight excluding hydrogens is 302 g/mol. The third kappa shape index (κ3) is 5.01. The van der Waals surface area contributed by atoms with E-state index < -0.39 is 0 Å². The zero-order valence-corrected chi connectivity index (χ0v) is 14.6. The van der Waals surface area contributed by atoms with Gasteiger partial charge in [0.05, 0.1) is 13.7 Å². The number of ether oxygens (including phenoxy) is 2. The predicted octanol–water partition coefficient (Wildman–Crippen LogP) is 4.11. The molecule has 0 aliphatic heterocycles. The number of hydrogen-bond acceptors (Lipinski definition) is 3. The molecule has 4 heteroatoms. The number of amides is 1.